The molecule has 0 radical (unpaired) electrons. The average Bonchev–Trinajstić information content (AvgIpc) is 2.75. The molecule has 2 N–H and O–H groups in total. The number of hydrogen-bond acceptors (Lipinski definition) is 4. The maximum atomic E-state index is 12.1. The summed E-state index contributed by atoms with van der Waals surface area (Å²) in [5, 5.41) is 0. The Labute approximate surface area is 171 Å². The van der Waals surface area contributed by atoms with Gasteiger partial charge >= 0.3 is 0 Å². The van der Waals surface area contributed by atoms with Crippen LogP contribution in [0.15, 0.2) is 48.5 Å². The van der Waals surface area contributed by atoms with Crippen LogP contribution in [0.1, 0.15) is 48.7 Å². The number of hydrazine groups is 1. The molecule has 0 unspecified atom stereocenters. The number of carbonyl (C=O) groups is 2. The molecule has 154 valence electrons. The molecule has 0 saturated heterocycles. The van der Waals surface area contributed by atoms with E-state index in [-0.39, 0.29) is 5.91 Å². The molecular formula is C23H28N2O4. The lowest BCUT2D eigenvalue weighted by atomic mass is 10.1. The third-order valence-electron chi connectivity index (χ3n) is 4.08. The van der Waals surface area contributed by atoms with Gasteiger partial charge < -0.3 is 9.47 Å². The zero-order valence-corrected chi connectivity index (χ0v) is 17.2. The monoisotopic (exact) mass is 396 g/mol. The minimum Gasteiger partial charge on any atom is -0.490 e. The number of aryl methyl sites for hydroxylation is 1. The van der Waals surface area contributed by atoms with Crippen molar-refractivity contribution in [2.45, 2.75) is 33.6 Å². The predicted octanol–water partition coefficient (Wildman–Crippen LogP) is 3.91. The lowest BCUT2D eigenvalue weighted by molar-refractivity contribution is -0.117. The van der Waals surface area contributed by atoms with E-state index in [2.05, 4.69) is 10.9 Å². The number of amides is 2. The van der Waals surface area contributed by atoms with E-state index >= 15 is 0 Å². The molecule has 0 aromatic heterocycles. The fourth-order valence-corrected chi connectivity index (χ4v) is 2.52. The molecular weight excluding hydrogens is 368 g/mol. The summed E-state index contributed by atoms with van der Waals surface area (Å²) in [5.41, 5.74) is 7.19. The van der Waals surface area contributed by atoms with E-state index in [4.69, 9.17) is 9.47 Å². The van der Waals surface area contributed by atoms with Crippen molar-refractivity contribution in [1.82, 2.24) is 10.9 Å². The molecule has 29 heavy (non-hydrogen) atoms. The maximum Gasteiger partial charge on any atom is 0.269 e. The Morgan fingerprint density at radius 3 is 2.34 bits per heavy atom. The minimum absolute atomic E-state index is 0.370. The number of benzene rings is 2. The highest BCUT2D eigenvalue weighted by Gasteiger charge is 2.07. The molecule has 0 aliphatic rings. The quantitative estimate of drug-likeness (QED) is 0.498. The van der Waals surface area contributed by atoms with Crippen LogP contribution in [-0.2, 0) is 11.2 Å². The van der Waals surface area contributed by atoms with Crippen LogP contribution in [0, 0.1) is 0 Å². The summed E-state index contributed by atoms with van der Waals surface area (Å²) in [4.78, 5) is 24.1. The molecule has 0 heterocycles. The highest BCUT2D eigenvalue weighted by Crippen LogP contribution is 2.29. The Balaban J connectivity index is 1.93. The van der Waals surface area contributed by atoms with E-state index in [1.807, 2.05) is 51.1 Å². The molecule has 2 rings (SSSR count). The van der Waals surface area contributed by atoms with E-state index in [0.29, 0.717) is 30.3 Å². The Kier molecular flexibility index (Phi) is 8.76. The molecule has 0 saturated carbocycles. The van der Waals surface area contributed by atoms with Crippen molar-refractivity contribution in [3.8, 4) is 11.5 Å². The summed E-state index contributed by atoms with van der Waals surface area (Å²) in [6.45, 7) is 7.11. The highest BCUT2D eigenvalue weighted by atomic mass is 16.5. The second-order valence-corrected chi connectivity index (χ2v) is 6.31. The Morgan fingerprint density at radius 2 is 1.69 bits per heavy atom. The number of hydrogen-bond donors (Lipinski definition) is 2. The van der Waals surface area contributed by atoms with E-state index in [1.54, 1.807) is 18.2 Å². The van der Waals surface area contributed by atoms with Crippen LogP contribution in [0.4, 0.5) is 0 Å². The molecule has 2 aromatic rings. The van der Waals surface area contributed by atoms with Crippen LogP contribution in [-0.4, -0.2) is 25.0 Å². The normalized spacial score (nSPS) is 10.6. The van der Waals surface area contributed by atoms with Gasteiger partial charge in [0.2, 0.25) is 0 Å². The molecule has 0 fully saturated rings. The summed E-state index contributed by atoms with van der Waals surface area (Å²) in [6, 6.07) is 12.7. The molecule has 2 amide bonds. The van der Waals surface area contributed by atoms with Crippen molar-refractivity contribution < 1.29 is 19.1 Å². The topological polar surface area (TPSA) is 76.7 Å². The van der Waals surface area contributed by atoms with Crippen LogP contribution in [0.25, 0.3) is 6.08 Å². The van der Waals surface area contributed by atoms with Gasteiger partial charge in [0, 0.05) is 11.6 Å². The van der Waals surface area contributed by atoms with Gasteiger partial charge in [0.1, 0.15) is 0 Å². The zero-order chi connectivity index (χ0) is 21.1. The van der Waals surface area contributed by atoms with Gasteiger partial charge in [-0.25, -0.2) is 0 Å². The van der Waals surface area contributed by atoms with E-state index in [1.165, 1.54) is 6.08 Å². The molecule has 2 aromatic carbocycles. The molecule has 0 atom stereocenters. The summed E-state index contributed by atoms with van der Waals surface area (Å²) >= 11 is 0. The first-order valence-corrected chi connectivity index (χ1v) is 9.84. The number of nitrogens with one attached hydrogen (secondary N) is 2. The summed E-state index contributed by atoms with van der Waals surface area (Å²) in [7, 11) is 0. The van der Waals surface area contributed by atoms with Crippen molar-refractivity contribution >= 4 is 17.9 Å². The minimum atomic E-state index is -0.437. The molecule has 0 aliphatic carbocycles. The third-order valence-corrected chi connectivity index (χ3v) is 4.08. The first-order valence-electron chi connectivity index (χ1n) is 9.84. The molecule has 6 heteroatoms. The standard InChI is InChI=1S/C23H28N2O4/c1-4-15-29-20-13-9-18(16-21(20)28-6-3)10-14-22(26)24-25-23(27)19-11-7-17(5-2)8-12-19/h7-14,16H,4-6,15H2,1-3H3,(H,24,26)(H,25,27)/b14-10+. The van der Waals surface area contributed by atoms with Gasteiger partial charge in [-0.05, 0) is 61.2 Å². The van der Waals surface area contributed by atoms with Crippen molar-refractivity contribution in [3.63, 3.8) is 0 Å². The van der Waals surface area contributed by atoms with Gasteiger partial charge in [-0.3, -0.25) is 20.4 Å². The third kappa shape index (κ3) is 6.99. The lowest BCUT2D eigenvalue weighted by Crippen LogP contribution is -2.40. The lowest BCUT2D eigenvalue weighted by Gasteiger charge is -2.12. The second kappa shape index (κ2) is 11.5. The fourth-order valence-electron chi connectivity index (χ4n) is 2.52. The fraction of sp³-hybridized carbons (Fsp3) is 0.304. The van der Waals surface area contributed by atoms with Gasteiger partial charge in [-0.15, -0.1) is 0 Å². The molecule has 6 nitrogen and oxygen atoms in total. The maximum absolute atomic E-state index is 12.1. The summed E-state index contributed by atoms with van der Waals surface area (Å²) < 4.78 is 11.3. The van der Waals surface area contributed by atoms with Crippen molar-refractivity contribution in [2.24, 2.45) is 0 Å². The predicted molar refractivity (Wildman–Crippen MR) is 114 cm³/mol. The molecule has 0 bridgehead atoms. The van der Waals surface area contributed by atoms with Crippen molar-refractivity contribution in [3.05, 3.63) is 65.2 Å². The zero-order valence-electron chi connectivity index (χ0n) is 17.2. The van der Waals surface area contributed by atoms with Crippen molar-refractivity contribution in [1.29, 1.82) is 0 Å². The van der Waals surface area contributed by atoms with Crippen LogP contribution in [0.3, 0.4) is 0 Å². The van der Waals surface area contributed by atoms with Crippen LogP contribution in [0.2, 0.25) is 0 Å². The van der Waals surface area contributed by atoms with E-state index in [0.717, 1.165) is 24.0 Å². The van der Waals surface area contributed by atoms with Crippen molar-refractivity contribution in [2.75, 3.05) is 13.2 Å². The van der Waals surface area contributed by atoms with Crippen LogP contribution >= 0.6 is 0 Å². The molecule has 0 aliphatic heterocycles. The van der Waals surface area contributed by atoms with E-state index < -0.39 is 5.91 Å². The molecule has 0 spiro atoms. The van der Waals surface area contributed by atoms with Gasteiger partial charge in [0.25, 0.3) is 11.8 Å². The van der Waals surface area contributed by atoms with E-state index in [9.17, 15) is 9.59 Å². The Bertz CT molecular complexity index is 844. The SMILES string of the molecule is CCCOc1ccc(/C=C/C(=O)NNC(=O)c2ccc(CC)cc2)cc1OCC. The Morgan fingerprint density at radius 1 is 0.931 bits per heavy atom. The van der Waals surface area contributed by atoms with Gasteiger partial charge in [0.05, 0.1) is 13.2 Å². The number of rotatable bonds is 9. The first-order chi connectivity index (χ1) is 14.1. The van der Waals surface area contributed by atoms with Crippen LogP contribution < -0.4 is 20.3 Å². The Hall–Kier alpha value is -3.28. The summed E-state index contributed by atoms with van der Waals surface area (Å²) in [6.07, 6.45) is 4.80. The average molecular weight is 396 g/mol. The van der Waals surface area contributed by atoms with Gasteiger partial charge in [-0.2, -0.15) is 0 Å². The largest absolute Gasteiger partial charge is 0.490 e. The number of ether oxygens (including phenoxy) is 2. The smallest absolute Gasteiger partial charge is 0.269 e. The second-order valence-electron chi connectivity index (χ2n) is 6.31. The number of carbonyl (C=O) groups excluding carboxylic acids is 2. The first kappa shape index (κ1) is 22.0. The highest BCUT2D eigenvalue weighted by molar-refractivity contribution is 5.97. The van der Waals surface area contributed by atoms with Gasteiger partial charge in [0.15, 0.2) is 11.5 Å². The van der Waals surface area contributed by atoms with Gasteiger partial charge in [-0.1, -0.05) is 32.0 Å². The summed E-state index contributed by atoms with van der Waals surface area (Å²) in [5.74, 6) is 0.502. The van der Waals surface area contributed by atoms with Crippen LogP contribution in [0.5, 0.6) is 11.5 Å².